The van der Waals surface area contributed by atoms with Crippen LogP contribution in [0.3, 0.4) is 0 Å². The number of fused-ring (bicyclic) bond motifs is 1. The van der Waals surface area contributed by atoms with Crippen molar-refractivity contribution in [1.29, 1.82) is 5.26 Å². The van der Waals surface area contributed by atoms with Gasteiger partial charge in [0, 0.05) is 21.4 Å². The maximum absolute atomic E-state index is 9.08. The van der Waals surface area contributed by atoms with E-state index in [1.54, 1.807) is 11.8 Å². The Morgan fingerprint density at radius 2 is 1.94 bits per heavy atom. The average molecular weight is 262 g/mol. The van der Waals surface area contributed by atoms with Gasteiger partial charge in [-0.05, 0) is 17.5 Å². The van der Waals surface area contributed by atoms with E-state index in [9.17, 15) is 0 Å². The average Bonchev–Trinajstić information content (AvgIpc) is 2.39. The SMILES string of the molecule is CC(CCl)Sc1ccc(C#N)c2ccccc12. The quantitative estimate of drug-likeness (QED) is 0.603. The number of hydrogen-bond donors (Lipinski definition) is 0. The molecule has 2 aromatic carbocycles. The molecule has 0 heterocycles. The zero-order valence-corrected chi connectivity index (χ0v) is 11.1. The van der Waals surface area contributed by atoms with Crippen LogP contribution < -0.4 is 0 Å². The number of nitriles is 1. The van der Waals surface area contributed by atoms with E-state index in [0.29, 0.717) is 11.1 Å². The summed E-state index contributed by atoms with van der Waals surface area (Å²) in [7, 11) is 0. The van der Waals surface area contributed by atoms with Gasteiger partial charge in [-0.1, -0.05) is 31.2 Å². The number of halogens is 1. The molecule has 0 aliphatic carbocycles. The topological polar surface area (TPSA) is 23.8 Å². The zero-order valence-electron chi connectivity index (χ0n) is 9.48. The maximum Gasteiger partial charge on any atom is 0.0998 e. The van der Waals surface area contributed by atoms with Gasteiger partial charge in [0.25, 0.3) is 0 Å². The molecule has 1 unspecified atom stereocenters. The van der Waals surface area contributed by atoms with Crippen molar-refractivity contribution in [3.8, 4) is 6.07 Å². The highest BCUT2D eigenvalue weighted by molar-refractivity contribution is 8.00. The van der Waals surface area contributed by atoms with Gasteiger partial charge in [0.15, 0.2) is 0 Å². The van der Waals surface area contributed by atoms with E-state index in [4.69, 9.17) is 16.9 Å². The fraction of sp³-hybridized carbons (Fsp3) is 0.214. The molecule has 0 amide bonds. The summed E-state index contributed by atoms with van der Waals surface area (Å²) in [4.78, 5) is 1.19. The first-order valence-corrected chi connectivity index (χ1v) is 6.82. The molecule has 3 heteroatoms. The van der Waals surface area contributed by atoms with Crippen molar-refractivity contribution in [2.75, 3.05) is 5.88 Å². The summed E-state index contributed by atoms with van der Waals surface area (Å²) in [5, 5.41) is 11.6. The first-order chi connectivity index (χ1) is 8.26. The van der Waals surface area contributed by atoms with Crippen LogP contribution >= 0.6 is 23.4 Å². The molecule has 0 spiro atoms. The van der Waals surface area contributed by atoms with E-state index in [0.717, 1.165) is 16.3 Å². The highest BCUT2D eigenvalue weighted by Crippen LogP contribution is 2.32. The third-order valence-corrected chi connectivity index (χ3v) is 4.37. The molecule has 0 aliphatic rings. The Morgan fingerprint density at radius 3 is 2.59 bits per heavy atom. The van der Waals surface area contributed by atoms with Gasteiger partial charge in [-0.25, -0.2) is 0 Å². The molecular formula is C14H12ClNS. The molecule has 0 aromatic heterocycles. The normalized spacial score (nSPS) is 12.3. The maximum atomic E-state index is 9.08. The smallest absolute Gasteiger partial charge is 0.0998 e. The highest BCUT2D eigenvalue weighted by Gasteiger charge is 2.08. The third kappa shape index (κ3) is 2.57. The number of nitrogens with zero attached hydrogens (tertiary/aromatic N) is 1. The van der Waals surface area contributed by atoms with E-state index in [1.807, 2.05) is 30.3 Å². The molecule has 0 bridgehead atoms. The minimum Gasteiger partial charge on any atom is -0.192 e. The lowest BCUT2D eigenvalue weighted by atomic mass is 10.1. The van der Waals surface area contributed by atoms with Crippen molar-refractivity contribution < 1.29 is 0 Å². The summed E-state index contributed by atoms with van der Waals surface area (Å²) in [6, 6.07) is 14.1. The summed E-state index contributed by atoms with van der Waals surface area (Å²) in [5.74, 6) is 0.624. The summed E-state index contributed by atoms with van der Waals surface area (Å²) in [6.45, 7) is 2.10. The van der Waals surface area contributed by atoms with E-state index < -0.39 is 0 Å². The zero-order chi connectivity index (χ0) is 12.3. The second-order valence-corrected chi connectivity index (χ2v) is 5.64. The predicted octanol–water partition coefficient (Wildman–Crippen LogP) is 4.43. The number of thioether (sulfide) groups is 1. The van der Waals surface area contributed by atoms with Crippen molar-refractivity contribution in [2.45, 2.75) is 17.1 Å². The number of rotatable bonds is 3. The Labute approximate surface area is 110 Å². The molecule has 0 fully saturated rings. The fourth-order valence-corrected chi connectivity index (χ4v) is 2.86. The Hall–Kier alpha value is -1.17. The van der Waals surface area contributed by atoms with Crippen LogP contribution in [0.15, 0.2) is 41.3 Å². The van der Waals surface area contributed by atoms with Crippen molar-refractivity contribution in [3.05, 3.63) is 42.0 Å². The number of hydrogen-bond acceptors (Lipinski definition) is 2. The van der Waals surface area contributed by atoms with Gasteiger partial charge in [0.05, 0.1) is 11.6 Å². The van der Waals surface area contributed by atoms with Crippen LogP contribution in [0.2, 0.25) is 0 Å². The molecule has 1 nitrogen and oxygen atoms in total. The predicted molar refractivity (Wildman–Crippen MR) is 74.7 cm³/mol. The van der Waals surface area contributed by atoms with Gasteiger partial charge in [-0.2, -0.15) is 5.26 Å². The van der Waals surface area contributed by atoms with Gasteiger partial charge in [0.2, 0.25) is 0 Å². The lowest BCUT2D eigenvalue weighted by Gasteiger charge is -2.10. The highest BCUT2D eigenvalue weighted by atomic mass is 35.5. The largest absolute Gasteiger partial charge is 0.192 e. The first-order valence-electron chi connectivity index (χ1n) is 5.40. The molecule has 86 valence electrons. The summed E-state index contributed by atoms with van der Waals surface area (Å²) < 4.78 is 0. The minimum absolute atomic E-state index is 0.369. The van der Waals surface area contributed by atoms with Crippen molar-refractivity contribution in [2.24, 2.45) is 0 Å². The third-order valence-electron chi connectivity index (χ3n) is 2.55. The Morgan fingerprint density at radius 1 is 1.24 bits per heavy atom. The molecular weight excluding hydrogens is 250 g/mol. The summed E-state index contributed by atoms with van der Waals surface area (Å²) in [6.07, 6.45) is 0. The molecule has 0 aliphatic heterocycles. The minimum atomic E-state index is 0.369. The van der Waals surface area contributed by atoms with Crippen LogP contribution in [0.4, 0.5) is 0 Å². The summed E-state index contributed by atoms with van der Waals surface area (Å²) in [5.41, 5.74) is 0.725. The fourth-order valence-electron chi connectivity index (χ4n) is 1.72. The standard InChI is InChI=1S/C14H12ClNS/c1-10(8-15)17-14-7-6-11(9-16)12-4-2-3-5-13(12)14/h2-7,10H,8H2,1H3. The Bertz CT molecular complexity index is 574. The molecule has 1 atom stereocenters. The van der Waals surface area contributed by atoms with Crippen LogP contribution in [-0.2, 0) is 0 Å². The molecule has 0 saturated heterocycles. The van der Waals surface area contributed by atoms with Crippen molar-refractivity contribution in [3.63, 3.8) is 0 Å². The molecule has 17 heavy (non-hydrogen) atoms. The van der Waals surface area contributed by atoms with Gasteiger partial charge in [-0.15, -0.1) is 23.4 Å². The number of benzene rings is 2. The van der Waals surface area contributed by atoms with Crippen LogP contribution in [0.5, 0.6) is 0 Å². The lowest BCUT2D eigenvalue weighted by Crippen LogP contribution is -1.96. The molecule has 0 radical (unpaired) electrons. The lowest BCUT2D eigenvalue weighted by molar-refractivity contribution is 1.12. The van der Waals surface area contributed by atoms with Crippen LogP contribution in [0.1, 0.15) is 12.5 Å². The Kier molecular flexibility index (Phi) is 3.93. The molecule has 2 rings (SSSR count). The van der Waals surface area contributed by atoms with Crippen molar-refractivity contribution in [1.82, 2.24) is 0 Å². The van der Waals surface area contributed by atoms with E-state index >= 15 is 0 Å². The van der Waals surface area contributed by atoms with Crippen molar-refractivity contribution >= 4 is 34.1 Å². The number of alkyl halides is 1. The molecule has 2 aromatic rings. The Balaban J connectivity index is 2.55. The second-order valence-electron chi connectivity index (χ2n) is 3.85. The van der Waals surface area contributed by atoms with Gasteiger partial charge < -0.3 is 0 Å². The summed E-state index contributed by atoms with van der Waals surface area (Å²) >= 11 is 7.59. The first kappa shape index (κ1) is 12.3. The molecule has 0 N–H and O–H groups in total. The van der Waals surface area contributed by atoms with Gasteiger partial charge in [0.1, 0.15) is 0 Å². The monoisotopic (exact) mass is 261 g/mol. The van der Waals surface area contributed by atoms with E-state index in [1.165, 1.54) is 4.90 Å². The van der Waals surface area contributed by atoms with E-state index in [2.05, 4.69) is 19.1 Å². The van der Waals surface area contributed by atoms with Crippen LogP contribution in [-0.4, -0.2) is 11.1 Å². The van der Waals surface area contributed by atoms with E-state index in [-0.39, 0.29) is 0 Å². The van der Waals surface area contributed by atoms with Gasteiger partial charge >= 0.3 is 0 Å². The van der Waals surface area contributed by atoms with Crippen LogP contribution in [0, 0.1) is 11.3 Å². The van der Waals surface area contributed by atoms with Crippen LogP contribution in [0.25, 0.3) is 10.8 Å². The second kappa shape index (κ2) is 5.44. The van der Waals surface area contributed by atoms with Gasteiger partial charge in [-0.3, -0.25) is 0 Å². The molecule has 0 saturated carbocycles.